The molecule has 0 radical (unpaired) electrons. The predicted octanol–water partition coefficient (Wildman–Crippen LogP) is 5.31. The molecular formula is C21H15F2NO4. The van der Waals surface area contributed by atoms with Crippen molar-refractivity contribution in [1.82, 2.24) is 0 Å². The minimum absolute atomic E-state index is 0.0213. The molecule has 0 fully saturated rings. The van der Waals surface area contributed by atoms with Crippen molar-refractivity contribution in [3.8, 4) is 22.6 Å². The summed E-state index contributed by atoms with van der Waals surface area (Å²) in [5.41, 5.74) is 1.67. The van der Waals surface area contributed by atoms with Crippen LogP contribution in [0.15, 0.2) is 54.6 Å². The highest BCUT2D eigenvalue weighted by atomic mass is 19.1. The van der Waals surface area contributed by atoms with Gasteiger partial charge in [-0.1, -0.05) is 12.1 Å². The van der Waals surface area contributed by atoms with Crippen LogP contribution < -0.4 is 4.74 Å². The molecule has 3 aromatic rings. The van der Waals surface area contributed by atoms with Gasteiger partial charge in [-0.3, -0.25) is 10.1 Å². The number of nitrogens with zero attached hydrogens (tertiary/aromatic N) is 1. The number of benzene rings is 3. The van der Waals surface area contributed by atoms with Gasteiger partial charge in [0.25, 0.3) is 0 Å². The summed E-state index contributed by atoms with van der Waals surface area (Å²) < 4.78 is 33.3. The summed E-state index contributed by atoms with van der Waals surface area (Å²) in [6.45, 7) is 0. The Labute approximate surface area is 159 Å². The molecule has 0 saturated carbocycles. The number of hydrogen-bond acceptors (Lipinski definition) is 4. The Kier molecular flexibility index (Phi) is 4.52. The maximum absolute atomic E-state index is 14.6. The Bertz CT molecular complexity index is 1070. The first kappa shape index (κ1) is 18.1. The van der Waals surface area contributed by atoms with E-state index in [0.717, 1.165) is 6.07 Å². The third kappa shape index (κ3) is 3.20. The van der Waals surface area contributed by atoms with E-state index in [1.54, 1.807) is 0 Å². The smallest absolute Gasteiger partial charge is 0.311 e. The fourth-order valence-electron chi connectivity index (χ4n) is 3.44. The number of ether oxygens (including phenoxy) is 1. The Balaban J connectivity index is 1.71. The zero-order valence-electron chi connectivity index (χ0n) is 14.6. The topological polar surface area (TPSA) is 72.6 Å². The van der Waals surface area contributed by atoms with Gasteiger partial charge in [0.05, 0.1) is 11.0 Å². The normalized spacial score (nSPS) is 15.3. The van der Waals surface area contributed by atoms with Crippen molar-refractivity contribution < 1.29 is 23.5 Å². The molecule has 4 rings (SSSR count). The largest absolute Gasteiger partial charge is 0.450 e. The second-order valence-corrected chi connectivity index (χ2v) is 6.54. The molecule has 7 heteroatoms. The number of aliphatic hydroxyl groups excluding tert-OH is 1. The van der Waals surface area contributed by atoms with Crippen LogP contribution in [-0.4, -0.2) is 10.0 Å². The highest BCUT2D eigenvalue weighted by Crippen LogP contribution is 2.44. The van der Waals surface area contributed by atoms with Crippen molar-refractivity contribution in [1.29, 1.82) is 0 Å². The number of nitro benzene ring substituents is 1. The van der Waals surface area contributed by atoms with E-state index < -0.39 is 22.7 Å². The second kappa shape index (κ2) is 7.01. The van der Waals surface area contributed by atoms with E-state index in [1.807, 2.05) is 0 Å². The van der Waals surface area contributed by atoms with Gasteiger partial charge in [0.2, 0.25) is 5.75 Å². The zero-order valence-corrected chi connectivity index (χ0v) is 14.6. The van der Waals surface area contributed by atoms with E-state index in [-0.39, 0.29) is 22.7 Å². The fourth-order valence-corrected chi connectivity index (χ4v) is 3.44. The molecule has 0 aliphatic heterocycles. The number of rotatable bonds is 4. The molecule has 3 aromatic carbocycles. The monoisotopic (exact) mass is 383 g/mol. The van der Waals surface area contributed by atoms with Crippen LogP contribution in [0, 0.1) is 21.7 Å². The second-order valence-electron chi connectivity index (χ2n) is 6.54. The van der Waals surface area contributed by atoms with E-state index >= 15 is 0 Å². The van der Waals surface area contributed by atoms with Crippen molar-refractivity contribution >= 4 is 5.69 Å². The minimum Gasteiger partial charge on any atom is -0.450 e. The first-order valence-corrected chi connectivity index (χ1v) is 8.65. The number of halogens is 2. The van der Waals surface area contributed by atoms with Crippen LogP contribution in [0.5, 0.6) is 11.5 Å². The van der Waals surface area contributed by atoms with E-state index in [2.05, 4.69) is 0 Å². The number of aliphatic hydroxyl groups is 1. The van der Waals surface area contributed by atoms with Crippen LogP contribution in [0.2, 0.25) is 0 Å². The maximum Gasteiger partial charge on any atom is 0.311 e. The molecule has 0 aromatic heterocycles. The first-order valence-electron chi connectivity index (χ1n) is 8.65. The van der Waals surface area contributed by atoms with Crippen LogP contribution in [0.25, 0.3) is 11.1 Å². The number of hydrogen-bond donors (Lipinski definition) is 1. The summed E-state index contributed by atoms with van der Waals surface area (Å²) in [7, 11) is 0. The summed E-state index contributed by atoms with van der Waals surface area (Å²) >= 11 is 0. The summed E-state index contributed by atoms with van der Waals surface area (Å²) in [5, 5.41) is 21.4. The Morgan fingerprint density at radius 2 is 1.82 bits per heavy atom. The highest BCUT2D eigenvalue weighted by molar-refractivity contribution is 5.65. The lowest BCUT2D eigenvalue weighted by Crippen LogP contribution is -1.99. The quantitative estimate of drug-likeness (QED) is 0.489. The fraction of sp³-hybridized carbons (Fsp3) is 0.143. The van der Waals surface area contributed by atoms with Crippen molar-refractivity contribution in [3.63, 3.8) is 0 Å². The van der Waals surface area contributed by atoms with Gasteiger partial charge >= 0.3 is 5.69 Å². The molecule has 1 N–H and O–H groups in total. The average Bonchev–Trinajstić information content (AvgIpc) is 3.04. The molecule has 1 aliphatic carbocycles. The lowest BCUT2D eigenvalue weighted by molar-refractivity contribution is -0.385. The van der Waals surface area contributed by atoms with Crippen LogP contribution in [0.3, 0.4) is 0 Å². The maximum atomic E-state index is 14.6. The zero-order chi connectivity index (χ0) is 19.8. The molecule has 0 spiro atoms. The first-order chi connectivity index (χ1) is 13.4. The average molecular weight is 383 g/mol. The molecule has 0 amide bonds. The van der Waals surface area contributed by atoms with Crippen LogP contribution in [-0.2, 0) is 6.42 Å². The molecular weight excluding hydrogens is 368 g/mol. The van der Waals surface area contributed by atoms with Crippen molar-refractivity contribution in [2.45, 2.75) is 18.9 Å². The van der Waals surface area contributed by atoms with Gasteiger partial charge in [0.1, 0.15) is 17.4 Å². The van der Waals surface area contributed by atoms with Crippen molar-refractivity contribution in [2.24, 2.45) is 0 Å². The van der Waals surface area contributed by atoms with Gasteiger partial charge in [-0.2, -0.15) is 0 Å². The van der Waals surface area contributed by atoms with Gasteiger partial charge in [0, 0.05) is 23.3 Å². The van der Waals surface area contributed by atoms with Crippen LogP contribution >= 0.6 is 0 Å². The minimum atomic E-state index is -0.698. The predicted molar refractivity (Wildman–Crippen MR) is 98.2 cm³/mol. The Morgan fingerprint density at radius 3 is 2.50 bits per heavy atom. The number of nitro groups is 1. The van der Waals surface area contributed by atoms with Crippen LogP contribution in [0.1, 0.15) is 23.7 Å². The molecule has 1 atom stereocenters. The van der Waals surface area contributed by atoms with Crippen LogP contribution in [0.4, 0.5) is 14.5 Å². The lowest BCUT2D eigenvalue weighted by Gasteiger charge is -2.13. The SMILES string of the molecule is O=[N+]([O-])c1ccc2c(c1Oc1ccc(-c3ccc(F)cc3)c(F)c1)CCC2O. The van der Waals surface area contributed by atoms with E-state index in [1.165, 1.54) is 48.5 Å². The molecule has 1 unspecified atom stereocenters. The van der Waals surface area contributed by atoms with E-state index in [4.69, 9.17) is 4.74 Å². The molecule has 28 heavy (non-hydrogen) atoms. The Morgan fingerprint density at radius 1 is 1.07 bits per heavy atom. The standard InChI is InChI=1S/C21H15F2NO4/c22-13-3-1-12(2-4-13)15-6-5-14(11-18(15)23)28-21-17-8-10-20(25)16(17)7-9-19(21)24(26)27/h1-7,9,11,20,25H,8,10H2. The molecule has 1 aliphatic rings. The summed E-state index contributed by atoms with van der Waals surface area (Å²) in [6, 6.07) is 12.3. The number of fused-ring (bicyclic) bond motifs is 1. The molecule has 5 nitrogen and oxygen atoms in total. The molecule has 0 heterocycles. The van der Waals surface area contributed by atoms with Gasteiger partial charge in [-0.25, -0.2) is 8.78 Å². The van der Waals surface area contributed by atoms with Crippen molar-refractivity contribution in [2.75, 3.05) is 0 Å². The van der Waals surface area contributed by atoms with Gasteiger partial charge < -0.3 is 9.84 Å². The lowest BCUT2D eigenvalue weighted by atomic mass is 10.0. The Hall–Kier alpha value is -3.32. The summed E-state index contributed by atoms with van der Waals surface area (Å²) in [6.07, 6.45) is 0.185. The summed E-state index contributed by atoms with van der Waals surface area (Å²) in [4.78, 5) is 10.8. The highest BCUT2D eigenvalue weighted by Gasteiger charge is 2.30. The van der Waals surface area contributed by atoms with Gasteiger partial charge in [-0.15, -0.1) is 0 Å². The third-order valence-electron chi connectivity index (χ3n) is 4.82. The molecule has 142 valence electrons. The van der Waals surface area contributed by atoms with Crippen molar-refractivity contribution in [3.05, 3.63) is 87.5 Å². The van der Waals surface area contributed by atoms with Gasteiger partial charge in [-0.05, 0) is 54.3 Å². The van der Waals surface area contributed by atoms with Gasteiger partial charge in [0.15, 0.2) is 0 Å². The third-order valence-corrected chi connectivity index (χ3v) is 4.82. The summed E-state index contributed by atoms with van der Waals surface area (Å²) in [5.74, 6) is -0.898. The molecule has 0 saturated heterocycles. The molecule has 0 bridgehead atoms. The van der Waals surface area contributed by atoms with E-state index in [9.17, 15) is 24.0 Å². The van der Waals surface area contributed by atoms with E-state index in [0.29, 0.717) is 29.5 Å².